The van der Waals surface area contributed by atoms with Gasteiger partial charge >= 0.3 is 5.69 Å². The Bertz CT molecular complexity index is 1400. The number of ketones is 1. The average Bonchev–Trinajstić information content (AvgIpc) is 3.09. The van der Waals surface area contributed by atoms with Crippen molar-refractivity contribution in [2.45, 2.75) is 20.0 Å². The lowest BCUT2D eigenvalue weighted by atomic mass is 10.0. The van der Waals surface area contributed by atoms with Crippen LogP contribution in [0.5, 0.6) is 0 Å². The van der Waals surface area contributed by atoms with Crippen LogP contribution in [-0.2, 0) is 9.53 Å². The molecule has 7 nitrogen and oxygen atoms in total. The zero-order valence-electron chi connectivity index (χ0n) is 16.7. The summed E-state index contributed by atoms with van der Waals surface area (Å²) in [6, 6.07) is 15.4. The highest BCUT2D eigenvalue weighted by molar-refractivity contribution is 7.18. The number of carbonyl (C=O) groups excluding carboxylic acids is 2. The van der Waals surface area contributed by atoms with Crippen LogP contribution in [0.3, 0.4) is 0 Å². The molecule has 2 heterocycles. The number of Topliss-reactive ketones (excluding diaryl/α,β-unsaturated/α-hetero) is 1. The maximum atomic E-state index is 13.3. The van der Waals surface area contributed by atoms with Crippen LogP contribution in [-0.4, -0.2) is 21.8 Å². The Morgan fingerprint density at radius 2 is 1.77 bits per heavy atom. The summed E-state index contributed by atoms with van der Waals surface area (Å²) in [4.78, 5) is 52.5. The molecule has 0 spiro atoms. The van der Waals surface area contributed by atoms with Gasteiger partial charge in [-0.15, -0.1) is 11.3 Å². The van der Waals surface area contributed by atoms with Crippen LogP contribution in [0.25, 0.3) is 15.9 Å². The van der Waals surface area contributed by atoms with Gasteiger partial charge in [-0.1, -0.05) is 30.3 Å². The van der Waals surface area contributed by atoms with Crippen molar-refractivity contribution in [2.75, 3.05) is 0 Å². The second kappa shape index (κ2) is 8.16. The first-order chi connectivity index (χ1) is 14.9. The summed E-state index contributed by atoms with van der Waals surface area (Å²) in [7, 11) is 0. The summed E-state index contributed by atoms with van der Waals surface area (Å²) < 4.78 is 6.38. The molecule has 4 rings (SSSR count). The van der Waals surface area contributed by atoms with Crippen molar-refractivity contribution in [1.82, 2.24) is 9.55 Å². The van der Waals surface area contributed by atoms with Gasteiger partial charge in [0.25, 0.3) is 12.0 Å². The van der Waals surface area contributed by atoms with Gasteiger partial charge in [-0.3, -0.25) is 19.4 Å². The molecule has 0 radical (unpaired) electrons. The SMILES string of the molecule is CC(=O)c1ccc(-n2c(=O)[nH]c3sc(C(OC=O)c4ccccc4)c(C)c3c2=O)cc1. The van der Waals surface area contributed by atoms with Gasteiger partial charge in [-0.05, 0) is 49.2 Å². The summed E-state index contributed by atoms with van der Waals surface area (Å²) in [5.41, 5.74) is 1.16. The first-order valence-electron chi connectivity index (χ1n) is 9.46. The van der Waals surface area contributed by atoms with Gasteiger partial charge in [-0.2, -0.15) is 0 Å². The predicted octanol–water partition coefficient (Wildman–Crippen LogP) is 3.51. The normalized spacial score (nSPS) is 11.9. The highest BCUT2D eigenvalue weighted by Crippen LogP contribution is 2.36. The number of ether oxygens (including phenoxy) is 1. The maximum absolute atomic E-state index is 13.3. The van der Waals surface area contributed by atoms with E-state index in [0.29, 0.717) is 38.4 Å². The Balaban J connectivity index is 1.91. The summed E-state index contributed by atoms with van der Waals surface area (Å²) in [6.45, 7) is 3.58. The van der Waals surface area contributed by atoms with Gasteiger partial charge in [-0.25, -0.2) is 9.36 Å². The molecule has 2 aromatic carbocycles. The van der Waals surface area contributed by atoms with E-state index in [1.165, 1.54) is 18.3 Å². The van der Waals surface area contributed by atoms with Crippen LogP contribution in [0.15, 0.2) is 64.2 Å². The summed E-state index contributed by atoms with van der Waals surface area (Å²) >= 11 is 1.21. The van der Waals surface area contributed by atoms with Crippen molar-refractivity contribution < 1.29 is 14.3 Å². The van der Waals surface area contributed by atoms with E-state index in [0.717, 1.165) is 10.1 Å². The van der Waals surface area contributed by atoms with Crippen molar-refractivity contribution in [1.29, 1.82) is 0 Å². The number of aromatic amines is 1. The monoisotopic (exact) mass is 434 g/mol. The average molecular weight is 434 g/mol. The maximum Gasteiger partial charge on any atom is 0.334 e. The molecule has 0 aliphatic carbocycles. The number of fused-ring (bicyclic) bond motifs is 1. The second-order valence-electron chi connectivity index (χ2n) is 6.99. The number of nitrogens with zero attached hydrogens (tertiary/aromatic N) is 1. The van der Waals surface area contributed by atoms with E-state index in [4.69, 9.17) is 4.74 Å². The minimum atomic E-state index is -0.692. The highest BCUT2D eigenvalue weighted by atomic mass is 32.1. The fraction of sp³-hybridized carbons (Fsp3) is 0.130. The molecule has 156 valence electrons. The minimum absolute atomic E-state index is 0.108. The van der Waals surface area contributed by atoms with Crippen molar-refractivity contribution in [3.8, 4) is 5.69 Å². The fourth-order valence-corrected chi connectivity index (χ4v) is 4.79. The van der Waals surface area contributed by atoms with E-state index in [9.17, 15) is 19.2 Å². The fourth-order valence-electron chi connectivity index (χ4n) is 3.54. The Kier molecular flexibility index (Phi) is 5.39. The number of H-pyrrole nitrogens is 1. The molecule has 0 fully saturated rings. The number of benzene rings is 2. The number of thiophene rings is 1. The molecule has 0 aliphatic heterocycles. The standard InChI is InChI=1S/C23H18N2O5S/c1-13-18-21(31-20(13)19(30-12-26)16-6-4-3-5-7-16)24-23(29)25(22(18)28)17-10-8-15(9-11-17)14(2)27/h3-12,19H,1-2H3,(H,24,29). The van der Waals surface area contributed by atoms with Gasteiger partial charge < -0.3 is 4.74 Å². The van der Waals surface area contributed by atoms with Crippen LogP contribution < -0.4 is 11.2 Å². The van der Waals surface area contributed by atoms with Crippen molar-refractivity contribution in [3.05, 3.63) is 97.0 Å². The van der Waals surface area contributed by atoms with Gasteiger partial charge in [0.1, 0.15) is 4.83 Å². The number of hydrogen-bond acceptors (Lipinski definition) is 6. The lowest BCUT2D eigenvalue weighted by Gasteiger charge is -2.15. The Morgan fingerprint density at radius 3 is 2.39 bits per heavy atom. The van der Waals surface area contributed by atoms with Crippen molar-refractivity contribution in [2.24, 2.45) is 0 Å². The summed E-state index contributed by atoms with van der Waals surface area (Å²) in [5.74, 6) is -0.108. The van der Waals surface area contributed by atoms with E-state index in [1.807, 2.05) is 30.3 Å². The lowest BCUT2D eigenvalue weighted by Crippen LogP contribution is -2.33. The number of aryl methyl sites for hydroxylation is 1. The van der Waals surface area contributed by atoms with E-state index in [-0.39, 0.29) is 5.78 Å². The molecule has 1 atom stereocenters. The van der Waals surface area contributed by atoms with Crippen LogP contribution >= 0.6 is 11.3 Å². The van der Waals surface area contributed by atoms with Crippen molar-refractivity contribution in [3.63, 3.8) is 0 Å². The largest absolute Gasteiger partial charge is 0.454 e. The van der Waals surface area contributed by atoms with E-state index < -0.39 is 17.4 Å². The third kappa shape index (κ3) is 3.62. The third-order valence-electron chi connectivity index (χ3n) is 5.09. The molecule has 8 heteroatoms. The molecule has 0 aliphatic rings. The second-order valence-corrected chi connectivity index (χ2v) is 8.04. The number of hydrogen-bond donors (Lipinski definition) is 1. The van der Waals surface area contributed by atoms with Gasteiger partial charge in [0.05, 0.1) is 16.0 Å². The summed E-state index contributed by atoms with van der Waals surface area (Å²) in [6.07, 6.45) is -0.692. The highest BCUT2D eigenvalue weighted by Gasteiger charge is 2.24. The van der Waals surface area contributed by atoms with Crippen molar-refractivity contribution >= 4 is 33.8 Å². The molecule has 0 saturated carbocycles. The molecule has 1 N–H and O–H groups in total. The molecule has 4 aromatic rings. The smallest absolute Gasteiger partial charge is 0.334 e. The zero-order valence-corrected chi connectivity index (χ0v) is 17.6. The first kappa shape index (κ1) is 20.5. The molecule has 0 saturated heterocycles. The topological polar surface area (TPSA) is 98.2 Å². The molecule has 0 bridgehead atoms. The Labute approximate surface area is 180 Å². The molecule has 0 amide bonds. The predicted molar refractivity (Wildman–Crippen MR) is 118 cm³/mol. The number of rotatable bonds is 6. The van der Waals surface area contributed by atoms with Gasteiger partial charge in [0, 0.05) is 5.56 Å². The van der Waals surface area contributed by atoms with Crippen LogP contribution in [0.1, 0.15) is 39.4 Å². The van der Waals surface area contributed by atoms with E-state index in [2.05, 4.69) is 4.98 Å². The van der Waals surface area contributed by atoms with E-state index >= 15 is 0 Å². The molecular formula is C23H18N2O5S. The van der Waals surface area contributed by atoms with E-state index in [1.54, 1.807) is 31.2 Å². The summed E-state index contributed by atoms with van der Waals surface area (Å²) in [5, 5.41) is 0.352. The molecule has 2 aromatic heterocycles. The third-order valence-corrected chi connectivity index (χ3v) is 6.34. The van der Waals surface area contributed by atoms with Gasteiger partial charge in [0.15, 0.2) is 11.9 Å². The first-order valence-corrected chi connectivity index (χ1v) is 10.3. The Hall–Kier alpha value is -3.78. The molecule has 31 heavy (non-hydrogen) atoms. The number of carbonyl (C=O) groups is 2. The number of nitrogens with one attached hydrogen (secondary N) is 1. The zero-order chi connectivity index (χ0) is 22.1. The Morgan fingerprint density at radius 1 is 1.10 bits per heavy atom. The van der Waals surface area contributed by atoms with Crippen LogP contribution in [0, 0.1) is 6.92 Å². The molecule has 1 unspecified atom stereocenters. The lowest BCUT2D eigenvalue weighted by molar-refractivity contribution is -0.132. The number of aromatic nitrogens is 2. The van der Waals surface area contributed by atoms with Crippen LogP contribution in [0.2, 0.25) is 0 Å². The van der Waals surface area contributed by atoms with Crippen LogP contribution in [0.4, 0.5) is 0 Å². The van der Waals surface area contributed by atoms with Gasteiger partial charge in [0.2, 0.25) is 0 Å². The quantitative estimate of drug-likeness (QED) is 0.370. The molecular weight excluding hydrogens is 416 g/mol. The minimum Gasteiger partial charge on any atom is -0.454 e.